The molecule has 2 bridgehead atoms. The zero-order valence-corrected chi connectivity index (χ0v) is 8.16. The Hall–Kier alpha value is -0.510. The van der Waals surface area contributed by atoms with E-state index in [2.05, 4.69) is 13.0 Å². The molecule has 0 aromatic rings. The van der Waals surface area contributed by atoms with E-state index in [0.29, 0.717) is 5.92 Å². The molecular weight excluding hydrogens is 158 g/mol. The van der Waals surface area contributed by atoms with Gasteiger partial charge in [0, 0.05) is 5.92 Å². The van der Waals surface area contributed by atoms with Crippen molar-refractivity contribution in [2.24, 2.45) is 29.6 Å². The van der Waals surface area contributed by atoms with E-state index in [9.17, 15) is 0 Å². The van der Waals surface area contributed by atoms with E-state index in [1.807, 2.05) is 0 Å². The highest BCUT2D eigenvalue weighted by molar-refractivity contribution is 5.16. The van der Waals surface area contributed by atoms with Gasteiger partial charge in [-0.3, -0.25) is 0 Å². The first kappa shape index (κ1) is 7.85. The SMILES string of the molecule is C[C]1CC2CC1C1CC(C#N)CC21. The van der Waals surface area contributed by atoms with Gasteiger partial charge in [0.2, 0.25) is 0 Å². The van der Waals surface area contributed by atoms with E-state index >= 15 is 0 Å². The van der Waals surface area contributed by atoms with Crippen LogP contribution in [-0.2, 0) is 0 Å². The molecule has 5 atom stereocenters. The monoisotopic (exact) mass is 174 g/mol. The second-order valence-electron chi connectivity index (χ2n) is 5.28. The Morgan fingerprint density at radius 1 is 1.23 bits per heavy atom. The van der Waals surface area contributed by atoms with Crippen molar-refractivity contribution < 1.29 is 0 Å². The van der Waals surface area contributed by atoms with Crippen LogP contribution in [0, 0.1) is 46.8 Å². The molecule has 69 valence electrons. The van der Waals surface area contributed by atoms with Crippen LogP contribution >= 0.6 is 0 Å². The largest absolute Gasteiger partial charge is 0.198 e. The molecule has 0 heterocycles. The highest BCUT2D eigenvalue weighted by Crippen LogP contribution is 2.62. The third-order valence-electron chi connectivity index (χ3n) is 4.74. The van der Waals surface area contributed by atoms with Crippen molar-refractivity contribution in [3.63, 3.8) is 0 Å². The first-order chi connectivity index (χ1) is 6.29. The van der Waals surface area contributed by atoms with Gasteiger partial charge in [0.1, 0.15) is 0 Å². The van der Waals surface area contributed by atoms with Gasteiger partial charge in [-0.25, -0.2) is 0 Å². The van der Waals surface area contributed by atoms with Gasteiger partial charge in [0.25, 0.3) is 0 Å². The maximum atomic E-state index is 8.92. The van der Waals surface area contributed by atoms with Crippen molar-refractivity contribution in [2.75, 3.05) is 0 Å². The molecule has 5 unspecified atom stereocenters. The molecule has 0 saturated heterocycles. The van der Waals surface area contributed by atoms with E-state index in [4.69, 9.17) is 5.26 Å². The predicted molar refractivity (Wildman–Crippen MR) is 50.4 cm³/mol. The molecule has 3 aliphatic carbocycles. The number of fused-ring (bicyclic) bond motifs is 5. The maximum Gasteiger partial charge on any atom is 0.0656 e. The van der Waals surface area contributed by atoms with Crippen LogP contribution in [0.3, 0.4) is 0 Å². The summed E-state index contributed by atoms with van der Waals surface area (Å²) in [5, 5.41) is 8.92. The molecule has 0 spiro atoms. The summed E-state index contributed by atoms with van der Waals surface area (Å²) in [6.07, 6.45) is 5.26. The Morgan fingerprint density at radius 3 is 2.77 bits per heavy atom. The molecule has 0 aromatic carbocycles. The molecule has 1 radical (unpaired) electrons. The summed E-state index contributed by atoms with van der Waals surface area (Å²) in [5.41, 5.74) is 0. The maximum absolute atomic E-state index is 8.92. The number of rotatable bonds is 0. The summed E-state index contributed by atoms with van der Waals surface area (Å²) in [5.74, 6) is 5.85. The summed E-state index contributed by atoms with van der Waals surface area (Å²) in [7, 11) is 0. The highest BCUT2D eigenvalue weighted by Gasteiger charge is 2.54. The third kappa shape index (κ3) is 0.923. The molecule has 0 N–H and O–H groups in total. The van der Waals surface area contributed by atoms with Gasteiger partial charge in [-0.05, 0) is 55.3 Å². The Morgan fingerprint density at radius 2 is 2.00 bits per heavy atom. The first-order valence-electron chi connectivity index (χ1n) is 5.51. The second kappa shape index (κ2) is 2.50. The molecule has 3 fully saturated rings. The molecule has 0 amide bonds. The van der Waals surface area contributed by atoms with Crippen LogP contribution in [0.2, 0.25) is 0 Å². The van der Waals surface area contributed by atoms with E-state index in [-0.39, 0.29) is 0 Å². The number of nitriles is 1. The van der Waals surface area contributed by atoms with Crippen LogP contribution in [0.25, 0.3) is 0 Å². The highest BCUT2D eigenvalue weighted by atomic mass is 14.6. The van der Waals surface area contributed by atoms with Gasteiger partial charge < -0.3 is 0 Å². The lowest BCUT2D eigenvalue weighted by molar-refractivity contribution is 0.280. The smallest absolute Gasteiger partial charge is 0.0656 e. The van der Waals surface area contributed by atoms with Crippen molar-refractivity contribution in [3.05, 3.63) is 5.92 Å². The quantitative estimate of drug-likeness (QED) is 0.554. The van der Waals surface area contributed by atoms with Crippen molar-refractivity contribution in [3.8, 4) is 6.07 Å². The van der Waals surface area contributed by atoms with Gasteiger partial charge in [-0.15, -0.1) is 0 Å². The zero-order chi connectivity index (χ0) is 9.00. The second-order valence-corrected chi connectivity index (χ2v) is 5.28. The van der Waals surface area contributed by atoms with Gasteiger partial charge >= 0.3 is 0 Å². The Kier molecular flexibility index (Phi) is 1.51. The fraction of sp³-hybridized carbons (Fsp3) is 0.833. The molecule has 3 rings (SSSR count). The average molecular weight is 174 g/mol. The summed E-state index contributed by atoms with van der Waals surface area (Å²) < 4.78 is 0. The normalized spacial score (nSPS) is 53.7. The topological polar surface area (TPSA) is 23.8 Å². The van der Waals surface area contributed by atoms with Gasteiger partial charge in [-0.2, -0.15) is 5.26 Å². The molecule has 3 saturated carbocycles. The lowest BCUT2D eigenvalue weighted by Gasteiger charge is -2.28. The average Bonchev–Trinajstić information content (AvgIpc) is 2.71. The lowest BCUT2D eigenvalue weighted by atomic mass is 9.77. The predicted octanol–water partition coefficient (Wildman–Crippen LogP) is 2.79. The van der Waals surface area contributed by atoms with E-state index in [0.717, 1.165) is 23.7 Å². The number of hydrogen-bond donors (Lipinski definition) is 0. The Labute approximate surface area is 80.1 Å². The van der Waals surface area contributed by atoms with Crippen LogP contribution in [0.1, 0.15) is 32.6 Å². The Balaban J connectivity index is 1.83. The van der Waals surface area contributed by atoms with E-state index < -0.39 is 0 Å². The van der Waals surface area contributed by atoms with Crippen LogP contribution in [0.4, 0.5) is 0 Å². The molecule has 1 nitrogen and oxygen atoms in total. The van der Waals surface area contributed by atoms with Gasteiger partial charge in [0.15, 0.2) is 0 Å². The molecule has 0 aromatic heterocycles. The van der Waals surface area contributed by atoms with E-state index in [1.54, 1.807) is 5.92 Å². The summed E-state index contributed by atoms with van der Waals surface area (Å²) in [6.45, 7) is 2.33. The third-order valence-corrected chi connectivity index (χ3v) is 4.74. The minimum atomic E-state index is 0.395. The van der Waals surface area contributed by atoms with Crippen LogP contribution in [0.5, 0.6) is 0 Å². The summed E-state index contributed by atoms with van der Waals surface area (Å²) in [6, 6.07) is 2.47. The number of hydrogen-bond acceptors (Lipinski definition) is 1. The van der Waals surface area contributed by atoms with Crippen LogP contribution in [0.15, 0.2) is 0 Å². The zero-order valence-electron chi connectivity index (χ0n) is 8.16. The van der Waals surface area contributed by atoms with Crippen LogP contribution < -0.4 is 0 Å². The molecule has 3 aliphatic rings. The van der Waals surface area contributed by atoms with Gasteiger partial charge in [-0.1, -0.05) is 6.92 Å². The van der Waals surface area contributed by atoms with Crippen molar-refractivity contribution >= 4 is 0 Å². The minimum Gasteiger partial charge on any atom is -0.198 e. The molecular formula is C12H16N. The summed E-state index contributed by atoms with van der Waals surface area (Å²) >= 11 is 0. The van der Waals surface area contributed by atoms with Crippen molar-refractivity contribution in [1.82, 2.24) is 0 Å². The van der Waals surface area contributed by atoms with E-state index in [1.165, 1.54) is 25.7 Å². The van der Waals surface area contributed by atoms with Crippen LogP contribution in [-0.4, -0.2) is 0 Å². The minimum absolute atomic E-state index is 0.395. The molecule has 13 heavy (non-hydrogen) atoms. The first-order valence-corrected chi connectivity index (χ1v) is 5.51. The number of nitrogens with zero attached hydrogens (tertiary/aromatic N) is 1. The molecule has 1 heteroatoms. The fourth-order valence-electron chi connectivity index (χ4n) is 4.26. The van der Waals surface area contributed by atoms with Crippen molar-refractivity contribution in [1.29, 1.82) is 5.26 Å². The molecule has 0 aliphatic heterocycles. The lowest BCUT2D eigenvalue weighted by Crippen LogP contribution is -2.21. The van der Waals surface area contributed by atoms with Crippen molar-refractivity contribution in [2.45, 2.75) is 32.6 Å². The summed E-state index contributed by atoms with van der Waals surface area (Å²) in [4.78, 5) is 0. The standard InChI is InChI=1S/C12H16N/c1-7-2-9-5-10(7)12-4-8(6-13)3-11(9)12/h8-12H,2-5H2,1H3. The Bertz CT molecular complexity index is 265. The fourth-order valence-corrected chi connectivity index (χ4v) is 4.26. The van der Waals surface area contributed by atoms with Gasteiger partial charge in [0.05, 0.1) is 6.07 Å².